The lowest BCUT2D eigenvalue weighted by molar-refractivity contribution is -0.0342. The first kappa shape index (κ1) is 23.6. The Morgan fingerprint density at radius 3 is 2.80 bits per heavy atom. The molecular formula is C22H29FN8O4. The molecule has 35 heavy (non-hydrogen) atoms. The third-order valence-corrected chi connectivity index (χ3v) is 6.59. The van der Waals surface area contributed by atoms with Crippen LogP contribution in [0.5, 0.6) is 0 Å². The van der Waals surface area contributed by atoms with Gasteiger partial charge >= 0.3 is 0 Å². The van der Waals surface area contributed by atoms with Crippen LogP contribution in [0.3, 0.4) is 0 Å². The Bertz CT molecular complexity index is 1260. The number of hydrogen-bond acceptors (Lipinski definition) is 10. The highest BCUT2D eigenvalue weighted by Gasteiger charge is 2.44. The Morgan fingerprint density at radius 2 is 2.03 bits per heavy atom. The minimum Gasteiger partial charge on any atom is -0.387 e. The van der Waals surface area contributed by atoms with Gasteiger partial charge in [0.15, 0.2) is 17.4 Å². The van der Waals surface area contributed by atoms with Gasteiger partial charge < -0.3 is 35.8 Å². The number of rotatable bonds is 6. The van der Waals surface area contributed by atoms with Crippen molar-refractivity contribution in [1.29, 1.82) is 0 Å². The summed E-state index contributed by atoms with van der Waals surface area (Å²) in [5, 5.41) is 24.4. The molecule has 2 aliphatic heterocycles. The number of imidazole rings is 1. The molecule has 0 amide bonds. The van der Waals surface area contributed by atoms with Gasteiger partial charge in [-0.1, -0.05) is 6.07 Å². The number of nitrogen functional groups attached to an aromatic ring is 1. The number of piperazine rings is 1. The molecular weight excluding hydrogens is 459 g/mol. The standard InChI is InChI=1S/C22H29FN8O4/c1-29-4-6-30(7-5-29)14-8-12(2-3-13(14)23)9-25-10-15-17(32)18(33)21(35-15)31-11-26-16-19(31)27-22(24)28-20(16)34/h2-3,8,11,15,17-18,21,25,32-33H,4-7,9-10H2,1H3,(H3,24,27,28,34)/t15-,17-,18-,21-/m1/s1. The number of nitrogens with one attached hydrogen (secondary N) is 2. The summed E-state index contributed by atoms with van der Waals surface area (Å²) < 4.78 is 21.7. The summed E-state index contributed by atoms with van der Waals surface area (Å²) >= 11 is 0. The van der Waals surface area contributed by atoms with Crippen molar-refractivity contribution in [3.63, 3.8) is 0 Å². The summed E-state index contributed by atoms with van der Waals surface area (Å²) in [4.78, 5) is 26.8. The number of likely N-dealkylation sites (N-methyl/N-ethyl adjacent to an activating group) is 1. The second-order valence-electron chi connectivity index (χ2n) is 9.03. The Labute approximate surface area is 200 Å². The van der Waals surface area contributed by atoms with Crippen molar-refractivity contribution in [3.8, 4) is 0 Å². The number of H-pyrrole nitrogens is 1. The first-order valence-corrected chi connectivity index (χ1v) is 11.5. The number of anilines is 2. The fourth-order valence-corrected chi connectivity index (χ4v) is 4.57. The van der Waals surface area contributed by atoms with Crippen molar-refractivity contribution in [3.05, 3.63) is 46.3 Å². The maximum atomic E-state index is 14.5. The molecule has 6 N–H and O–H groups in total. The van der Waals surface area contributed by atoms with Crippen LogP contribution < -0.4 is 21.5 Å². The fourth-order valence-electron chi connectivity index (χ4n) is 4.57. The van der Waals surface area contributed by atoms with E-state index in [0.717, 1.165) is 31.7 Å². The highest BCUT2D eigenvalue weighted by atomic mass is 19.1. The molecule has 0 bridgehead atoms. The maximum Gasteiger partial charge on any atom is 0.280 e. The third-order valence-electron chi connectivity index (χ3n) is 6.59. The van der Waals surface area contributed by atoms with Crippen molar-refractivity contribution in [2.45, 2.75) is 31.1 Å². The van der Waals surface area contributed by atoms with E-state index < -0.39 is 30.1 Å². The lowest BCUT2D eigenvalue weighted by atomic mass is 10.1. The first-order valence-electron chi connectivity index (χ1n) is 11.5. The van der Waals surface area contributed by atoms with E-state index in [4.69, 9.17) is 10.5 Å². The van der Waals surface area contributed by atoms with Crippen molar-refractivity contribution in [2.24, 2.45) is 0 Å². The Kier molecular flexibility index (Phi) is 6.42. The monoisotopic (exact) mass is 488 g/mol. The van der Waals surface area contributed by atoms with Crippen LogP contribution in [0.25, 0.3) is 11.2 Å². The molecule has 12 nitrogen and oxygen atoms in total. The molecule has 2 aromatic heterocycles. The number of fused-ring (bicyclic) bond motifs is 1. The molecule has 0 saturated carbocycles. The van der Waals surface area contributed by atoms with E-state index in [1.165, 1.54) is 17.0 Å². The van der Waals surface area contributed by atoms with Crippen molar-refractivity contribution in [2.75, 3.05) is 50.4 Å². The van der Waals surface area contributed by atoms with Crippen LogP contribution in [0.1, 0.15) is 11.8 Å². The second-order valence-corrected chi connectivity index (χ2v) is 9.03. The number of aromatic amines is 1. The molecule has 2 aliphatic rings. The van der Waals surface area contributed by atoms with Gasteiger partial charge in [-0.3, -0.25) is 14.3 Å². The van der Waals surface area contributed by atoms with Gasteiger partial charge in [0, 0.05) is 39.3 Å². The fraction of sp³-hybridized carbons (Fsp3) is 0.500. The smallest absolute Gasteiger partial charge is 0.280 e. The summed E-state index contributed by atoms with van der Waals surface area (Å²) in [7, 11) is 2.05. The van der Waals surface area contributed by atoms with Crippen molar-refractivity contribution in [1.82, 2.24) is 29.7 Å². The van der Waals surface area contributed by atoms with Crippen molar-refractivity contribution < 1.29 is 19.3 Å². The van der Waals surface area contributed by atoms with E-state index in [1.807, 2.05) is 11.0 Å². The van der Waals surface area contributed by atoms with E-state index >= 15 is 0 Å². The third kappa shape index (κ3) is 4.60. The van der Waals surface area contributed by atoms with Crippen molar-refractivity contribution >= 4 is 22.8 Å². The van der Waals surface area contributed by atoms with E-state index in [-0.39, 0.29) is 29.5 Å². The van der Waals surface area contributed by atoms with Gasteiger partial charge in [0.1, 0.15) is 24.1 Å². The number of hydrogen-bond donors (Lipinski definition) is 5. The average Bonchev–Trinajstić information content (AvgIpc) is 3.37. The normalized spacial score (nSPS) is 25.5. The molecule has 0 aliphatic carbocycles. The first-order chi connectivity index (χ1) is 16.8. The van der Waals surface area contributed by atoms with Crippen LogP contribution >= 0.6 is 0 Å². The second kappa shape index (κ2) is 9.51. The number of nitrogens with zero attached hydrogens (tertiary/aromatic N) is 5. The number of nitrogens with two attached hydrogens (primary N) is 1. The van der Waals surface area contributed by atoms with Crippen LogP contribution in [0.2, 0.25) is 0 Å². The zero-order valence-electron chi connectivity index (χ0n) is 19.3. The van der Waals surface area contributed by atoms with Crippen LogP contribution in [-0.2, 0) is 11.3 Å². The summed E-state index contributed by atoms with van der Waals surface area (Å²) in [5.74, 6) is -0.342. The molecule has 4 heterocycles. The van der Waals surface area contributed by atoms with Crippen LogP contribution in [0, 0.1) is 5.82 Å². The molecule has 1 aromatic carbocycles. The lowest BCUT2D eigenvalue weighted by Crippen LogP contribution is -2.44. The predicted octanol–water partition coefficient (Wildman–Crippen LogP) is -0.998. The minimum atomic E-state index is -1.27. The van der Waals surface area contributed by atoms with Crippen LogP contribution in [0.4, 0.5) is 16.0 Å². The highest BCUT2D eigenvalue weighted by molar-refractivity contribution is 5.70. The Balaban J connectivity index is 1.24. The van der Waals surface area contributed by atoms with Gasteiger partial charge in [-0.2, -0.15) is 4.98 Å². The molecule has 5 rings (SSSR count). The van der Waals surface area contributed by atoms with Crippen LogP contribution in [0.15, 0.2) is 29.3 Å². The van der Waals surface area contributed by atoms with Gasteiger partial charge in [-0.05, 0) is 24.7 Å². The lowest BCUT2D eigenvalue weighted by Gasteiger charge is -2.34. The van der Waals surface area contributed by atoms with Crippen LogP contribution in [-0.4, -0.2) is 92.7 Å². The molecule has 0 radical (unpaired) electrons. The van der Waals surface area contributed by atoms with E-state index in [2.05, 4.69) is 32.2 Å². The molecule has 2 saturated heterocycles. The number of aromatic nitrogens is 4. The molecule has 4 atom stereocenters. The summed E-state index contributed by atoms with van der Waals surface area (Å²) in [6.45, 7) is 3.95. The SMILES string of the molecule is CN1CCN(c2cc(CNC[C@H]3O[C@@H](n4cnc5c(=O)[nH]c(N)nc54)[C@H](O)[C@@H]3O)ccc2F)CC1. The maximum absolute atomic E-state index is 14.5. The molecule has 0 spiro atoms. The quantitative estimate of drug-likeness (QED) is 0.291. The minimum absolute atomic E-state index is 0.0542. The van der Waals surface area contributed by atoms with Gasteiger partial charge in [-0.15, -0.1) is 0 Å². The number of aliphatic hydroxyl groups is 2. The predicted molar refractivity (Wildman–Crippen MR) is 126 cm³/mol. The zero-order chi connectivity index (χ0) is 24.7. The number of benzene rings is 1. The van der Waals surface area contributed by atoms with Gasteiger partial charge in [0.2, 0.25) is 5.95 Å². The Morgan fingerprint density at radius 1 is 1.26 bits per heavy atom. The largest absolute Gasteiger partial charge is 0.387 e. The summed E-state index contributed by atoms with van der Waals surface area (Å²) in [6, 6.07) is 5.02. The van der Waals surface area contributed by atoms with Gasteiger partial charge in [-0.25, -0.2) is 9.37 Å². The number of ether oxygens (including phenoxy) is 1. The Hall–Kier alpha value is -3.10. The summed E-state index contributed by atoms with van der Waals surface area (Å²) in [6.07, 6.45) is -2.86. The van der Waals surface area contributed by atoms with E-state index in [9.17, 15) is 19.4 Å². The molecule has 2 fully saturated rings. The molecule has 188 valence electrons. The zero-order valence-corrected chi connectivity index (χ0v) is 19.3. The topological polar surface area (TPSA) is 158 Å². The molecule has 13 heteroatoms. The highest BCUT2D eigenvalue weighted by Crippen LogP contribution is 2.31. The summed E-state index contributed by atoms with van der Waals surface area (Å²) in [5.41, 5.74) is 6.81. The average molecular weight is 489 g/mol. The van der Waals surface area contributed by atoms with E-state index in [1.54, 1.807) is 6.07 Å². The number of aliphatic hydroxyl groups excluding tert-OH is 2. The molecule has 3 aromatic rings. The molecule has 0 unspecified atom stereocenters. The van der Waals surface area contributed by atoms with E-state index in [0.29, 0.717) is 12.2 Å². The van der Waals surface area contributed by atoms with Gasteiger partial charge in [0.25, 0.3) is 5.56 Å². The van der Waals surface area contributed by atoms with Gasteiger partial charge in [0.05, 0.1) is 12.0 Å². The number of halogens is 1.